The largest absolute Gasteiger partial charge is 0.545 e. The monoisotopic (exact) mass is 486 g/mol. The van der Waals surface area contributed by atoms with Gasteiger partial charge in [-0.15, -0.1) is 0 Å². The van der Waals surface area contributed by atoms with Crippen LogP contribution < -0.4 is 19.9 Å². The molecule has 178 valence electrons. The summed E-state index contributed by atoms with van der Waals surface area (Å²) < 4.78 is 148. The summed E-state index contributed by atoms with van der Waals surface area (Å²) in [7, 11) is 0. The van der Waals surface area contributed by atoms with Gasteiger partial charge in [0.15, 0.2) is 13.0 Å². The second-order valence-corrected chi connectivity index (χ2v) is 7.40. The molecule has 0 unspecified atom stereocenters. The molecule has 0 bridgehead atoms. The number of benzene rings is 3. The molecule has 35 heavy (non-hydrogen) atoms. The Morgan fingerprint density at radius 1 is 0.914 bits per heavy atom. The Morgan fingerprint density at radius 2 is 1.69 bits per heavy atom. The van der Waals surface area contributed by atoms with E-state index in [0.29, 0.717) is 0 Å². The van der Waals surface area contributed by atoms with E-state index in [2.05, 4.69) is 9.47 Å². The number of carboxylic acid groups (broad SMARTS) is 1. The van der Waals surface area contributed by atoms with E-state index < -0.39 is 69.2 Å². The number of carbonyl (C=O) groups excluding carboxylic acids is 1. The van der Waals surface area contributed by atoms with Crippen LogP contribution in [0, 0.1) is 0 Å². The average Bonchev–Trinajstić information content (AvgIpc) is 2.97. The number of anilines is 1. The lowest BCUT2D eigenvalue weighted by atomic mass is 9.90. The van der Waals surface area contributed by atoms with Crippen LogP contribution in [-0.4, -0.2) is 58.2 Å². The van der Waals surface area contributed by atoms with Crippen molar-refractivity contribution < 1.29 is 45.7 Å². The fourth-order valence-corrected chi connectivity index (χ4v) is 3.95. The highest BCUT2D eigenvalue weighted by Gasteiger charge is 2.22. The zero-order valence-corrected chi connectivity index (χ0v) is 17.7. The number of carboxylic acids is 1. The van der Waals surface area contributed by atoms with Gasteiger partial charge in [-0.05, 0) is 23.8 Å². The number of ether oxygens (including phenoxy) is 2. The van der Waals surface area contributed by atoms with Crippen LogP contribution >= 0.6 is 0 Å². The molecule has 0 amide bonds. The molecule has 1 aliphatic carbocycles. The van der Waals surface area contributed by atoms with Gasteiger partial charge < -0.3 is 28.7 Å². The van der Waals surface area contributed by atoms with Gasteiger partial charge in [0.05, 0.1) is 41.6 Å². The highest BCUT2D eigenvalue weighted by Crippen LogP contribution is 2.42. The van der Waals surface area contributed by atoms with Crippen molar-refractivity contribution in [3.8, 4) is 22.5 Å². The Hall–Kier alpha value is -3.68. The maximum Gasteiger partial charge on any atom is 0.203 e. The Labute approximate surface area is 225 Å². The third-order valence-electron chi connectivity index (χ3n) is 5.46. The van der Waals surface area contributed by atoms with Crippen molar-refractivity contribution in [2.45, 2.75) is 0 Å². The van der Waals surface area contributed by atoms with E-state index in [1.165, 1.54) is 36.4 Å². The van der Waals surface area contributed by atoms with Gasteiger partial charge in [0.1, 0.15) is 29.9 Å². The van der Waals surface area contributed by atoms with Crippen LogP contribution in [0.1, 0.15) is 32.3 Å². The zero-order valence-electron chi connectivity index (χ0n) is 33.7. The van der Waals surface area contributed by atoms with Gasteiger partial charge in [-0.1, -0.05) is 24.3 Å². The number of carbonyl (C=O) groups is 1. The second kappa shape index (κ2) is 9.17. The van der Waals surface area contributed by atoms with Crippen molar-refractivity contribution >= 4 is 22.6 Å². The molecule has 0 spiro atoms. The molecule has 7 nitrogen and oxygen atoms in total. The van der Waals surface area contributed by atoms with Crippen LogP contribution in [0.2, 0.25) is 0 Å². The van der Waals surface area contributed by atoms with E-state index in [1.54, 1.807) is 0 Å². The average molecular weight is 487 g/mol. The maximum atomic E-state index is 12.2. The lowest BCUT2D eigenvalue weighted by molar-refractivity contribution is -0.254. The molecule has 6 rings (SSSR count). The van der Waals surface area contributed by atoms with Crippen molar-refractivity contribution in [1.82, 2.24) is 4.58 Å². The zero-order chi connectivity index (χ0) is 38.1. The van der Waals surface area contributed by atoms with E-state index in [9.17, 15) is 9.90 Å². The van der Waals surface area contributed by atoms with Crippen LogP contribution in [0.3, 0.4) is 0 Å². The van der Waals surface area contributed by atoms with Crippen molar-refractivity contribution in [1.29, 1.82) is 0 Å². The number of morpholine rings is 2. The number of nitrogens with zero attached hydrogens (tertiary/aromatic N) is 2. The third-order valence-corrected chi connectivity index (χ3v) is 5.46. The van der Waals surface area contributed by atoms with E-state index in [4.69, 9.17) is 26.3 Å². The summed E-state index contributed by atoms with van der Waals surface area (Å²) >= 11 is 0. The molecule has 2 fully saturated rings. The van der Waals surface area contributed by atoms with Crippen molar-refractivity contribution in [3.05, 3.63) is 71.6 Å². The topological polar surface area (TPSA) is 78.0 Å². The molecule has 0 aromatic heterocycles. The molecule has 2 aromatic rings. The molecular formula is C28H26N2O5. The van der Waals surface area contributed by atoms with Crippen molar-refractivity contribution in [2.24, 2.45) is 0 Å². The standard InChI is InChI=1S/C28H26N2O5/c31-28(32)22-4-2-1-3-21(22)27-23-7-5-19(29-9-13-33-14-10-29)17-25(23)35-26-18-20(6-8-24(26)27)30-11-15-34-16-12-30/h1-8,17-18H,9-16H2/i9D2,10D2,11D2,12D2,13D2,14D2,15D2,16D2. The molecular weight excluding hydrogens is 444 g/mol. The summed E-state index contributed by atoms with van der Waals surface area (Å²) in [4.78, 5) is 12.4. The first kappa shape index (κ1) is 10.5. The van der Waals surface area contributed by atoms with Crippen LogP contribution in [0.4, 0.5) is 5.69 Å². The van der Waals surface area contributed by atoms with Crippen LogP contribution in [0.5, 0.6) is 0 Å². The quantitative estimate of drug-likeness (QED) is 0.326. The summed E-state index contributed by atoms with van der Waals surface area (Å²) in [5, 5.41) is 11.9. The summed E-state index contributed by atoms with van der Waals surface area (Å²) in [6.07, 6.45) is 0. The lowest BCUT2D eigenvalue weighted by Gasteiger charge is -2.29. The Bertz CT molecular complexity index is 2090. The first-order valence-electron chi connectivity index (χ1n) is 18.3. The van der Waals surface area contributed by atoms with E-state index in [-0.39, 0.29) is 48.5 Å². The minimum Gasteiger partial charge on any atom is -0.545 e. The number of hydrogen-bond acceptors (Lipinski definition) is 6. The normalized spacial score (nSPS) is 35.0. The molecule has 0 N–H and O–H groups in total. The predicted molar refractivity (Wildman–Crippen MR) is 131 cm³/mol. The first-order chi connectivity index (χ1) is 23.1. The lowest BCUT2D eigenvalue weighted by Crippen LogP contribution is -2.39. The maximum absolute atomic E-state index is 12.2. The third kappa shape index (κ3) is 4.07. The van der Waals surface area contributed by atoms with Crippen molar-refractivity contribution in [2.75, 3.05) is 57.1 Å². The molecule has 7 heteroatoms. The number of hydrogen-bond donors (Lipinski definition) is 0. The molecule has 2 saturated heterocycles. The number of rotatable bonds is 3. The smallest absolute Gasteiger partial charge is 0.203 e. The fourth-order valence-electron chi connectivity index (χ4n) is 3.95. The molecule has 0 saturated carbocycles. The molecule has 3 heterocycles. The molecule has 3 aliphatic heterocycles. The van der Waals surface area contributed by atoms with E-state index >= 15 is 0 Å². The van der Waals surface area contributed by atoms with Gasteiger partial charge in [-0.2, -0.15) is 0 Å². The van der Waals surface area contributed by atoms with Crippen molar-refractivity contribution in [3.63, 3.8) is 0 Å². The highest BCUT2D eigenvalue weighted by atomic mass is 16.5. The number of fused-ring (bicyclic) bond motifs is 2. The minimum atomic E-state index is -3.39. The molecule has 2 aromatic carbocycles. The van der Waals surface area contributed by atoms with Crippen LogP contribution in [0.25, 0.3) is 33.4 Å². The summed E-state index contributed by atoms with van der Waals surface area (Å²) in [5.41, 5.74) is -0.700. The van der Waals surface area contributed by atoms with E-state index in [1.807, 2.05) is 0 Å². The summed E-state index contributed by atoms with van der Waals surface area (Å²) in [6.45, 7) is -26.9. The SMILES string of the molecule is [2H]C1([2H])OC([2H])([2H])C([2H])([2H])N(c2ccc3c(-c4ccccc4C(=O)[O-])c4ccc(=[N+]5C([2H])([2H])C([2H])([2H])OC([2H])([2H])C5([2H])[2H])cc-4oc3c2)C1([2H])[2H]. The predicted octanol–water partition coefficient (Wildman–Crippen LogP) is 2.21. The number of aromatic carboxylic acids is 1. The van der Waals surface area contributed by atoms with Crippen LogP contribution in [0.15, 0.2) is 65.1 Å². The summed E-state index contributed by atoms with van der Waals surface area (Å²) in [5.74, 6) is -1.84. The first-order valence-corrected chi connectivity index (χ1v) is 10.3. The minimum absolute atomic E-state index is 0.0539. The van der Waals surface area contributed by atoms with Crippen LogP contribution in [-0.2, 0) is 9.47 Å². The fraction of sp³-hybridized carbons (Fsp3) is 0.286. The van der Waals surface area contributed by atoms with Gasteiger partial charge in [0, 0.05) is 52.9 Å². The Morgan fingerprint density at radius 3 is 2.49 bits per heavy atom. The molecule has 0 atom stereocenters. The second-order valence-electron chi connectivity index (χ2n) is 7.40. The van der Waals surface area contributed by atoms with E-state index in [0.717, 1.165) is 24.3 Å². The molecule has 0 radical (unpaired) electrons. The summed E-state index contributed by atoms with van der Waals surface area (Å²) in [6, 6.07) is 12.5. The highest BCUT2D eigenvalue weighted by molar-refractivity contribution is 6.07. The Balaban J connectivity index is 1.74. The Kier molecular flexibility index (Phi) is 2.76. The molecule has 4 aliphatic rings. The van der Waals surface area contributed by atoms with Gasteiger partial charge in [-0.25, -0.2) is 4.58 Å². The van der Waals surface area contributed by atoms with Gasteiger partial charge >= 0.3 is 0 Å². The van der Waals surface area contributed by atoms with Gasteiger partial charge in [0.25, 0.3) is 0 Å². The van der Waals surface area contributed by atoms with Gasteiger partial charge in [-0.3, -0.25) is 0 Å². The van der Waals surface area contributed by atoms with Gasteiger partial charge in [0.2, 0.25) is 5.36 Å².